The second-order valence-corrected chi connectivity index (χ2v) is 8.97. The number of hydrogen-bond donors (Lipinski definition) is 3. The summed E-state index contributed by atoms with van der Waals surface area (Å²) in [6.45, 7) is 3.74. The van der Waals surface area contributed by atoms with Gasteiger partial charge in [-0.05, 0) is 31.0 Å². The predicted molar refractivity (Wildman–Crippen MR) is 112 cm³/mol. The van der Waals surface area contributed by atoms with Gasteiger partial charge in [0.15, 0.2) is 0 Å². The molecule has 3 rings (SSSR count). The zero-order chi connectivity index (χ0) is 20.3. The number of rotatable bonds is 7. The monoisotopic (exact) mass is 419 g/mol. The van der Waals surface area contributed by atoms with Crippen molar-refractivity contribution in [2.45, 2.75) is 32.2 Å². The van der Waals surface area contributed by atoms with Gasteiger partial charge in [0.1, 0.15) is 5.69 Å². The molecule has 28 heavy (non-hydrogen) atoms. The summed E-state index contributed by atoms with van der Waals surface area (Å²) in [5, 5.41) is 3.96. The molecule has 8 heteroatoms. The number of H-pyrrole nitrogens is 1. The molecule has 0 aliphatic rings. The number of para-hydroxylation sites is 1. The minimum Gasteiger partial charge on any atom is -0.349 e. The number of carbonyl (C=O) groups excluding carboxylic acids is 1. The van der Waals surface area contributed by atoms with Crippen molar-refractivity contribution in [3.05, 3.63) is 70.4 Å². The molecular formula is C20H22ClN3O3S. The Labute approximate surface area is 169 Å². The Kier molecular flexibility index (Phi) is 6.07. The molecule has 1 amide bonds. The number of amides is 1. The maximum absolute atomic E-state index is 12.6. The third kappa shape index (κ3) is 4.73. The van der Waals surface area contributed by atoms with E-state index in [1.807, 2.05) is 30.3 Å². The first-order valence-corrected chi connectivity index (χ1v) is 10.9. The maximum atomic E-state index is 12.6. The Balaban J connectivity index is 1.76. The smallest absolute Gasteiger partial charge is 0.269 e. The van der Waals surface area contributed by atoms with Gasteiger partial charge < -0.3 is 10.3 Å². The molecule has 0 fully saturated rings. The Bertz CT molecular complexity index is 1110. The van der Waals surface area contributed by atoms with Crippen LogP contribution in [0.5, 0.6) is 0 Å². The van der Waals surface area contributed by atoms with E-state index in [9.17, 15) is 13.2 Å². The van der Waals surface area contributed by atoms with Crippen LogP contribution in [0.2, 0.25) is 5.02 Å². The summed E-state index contributed by atoms with van der Waals surface area (Å²) in [6.07, 6.45) is 0. The van der Waals surface area contributed by atoms with E-state index in [4.69, 9.17) is 11.6 Å². The van der Waals surface area contributed by atoms with Crippen molar-refractivity contribution in [2.24, 2.45) is 0 Å². The van der Waals surface area contributed by atoms with Crippen molar-refractivity contribution in [3.8, 4) is 0 Å². The summed E-state index contributed by atoms with van der Waals surface area (Å²) >= 11 is 6.32. The molecule has 6 nitrogen and oxygen atoms in total. The fourth-order valence-corrected chi connectivity index (χ4v) is 4.79. The third-order valence-electron chi connectivity index (χ3n) is 4.19. The van der Waals surface area contributed by atoms with Gasteiger partial charge in [0.2, 0.25) is 10.0 Å². The summed E-state index contributed by atoms with van der Waals surface area (Å²) < 4.78 is 27.1. The molecule has 0 atom stereocenters. The lowest BCUT2D eigenvalue weighted by molar-refractivity contribution is 0.0947. The molecule has 0 bridgehead atoms. The van der Waals surface area contributed by atoms with Crippen LogP contribution in [0.25, 0.3) is 10.9 Å². The van der Waals surface area contributed by atoms with Crippen LogP contribution in [0.3, 0.4) is 0 Å². The highest BCUT2D eigenvalue weighted by Crippen LogP contribution is 2.27. The summed E-state index contributed by atoms with van der Waals surface area (Å²) in [5.74, 6) is -0.496. The minimum absolute atomic E-state index is 0.148. The van der Waals surface area contributed by atoms with Crippen molar-refractivity contribution < 1.29 is 13.2 Å². The van der Waals surface area contributed by atoms with E-state index in [-0.39, 0.29) is 29.9 Å². The van der Waals surface area contributed by atoms with Gasteiger partial charge in [-0.2, -0.15) is 0 Å². The molecule has 0 aliphatic heterocycles. The van der Waals surface area contributed by atoms with Gasteiger partial charge in [-0.3, -0.25) is 4.79 Å². The van der Waals surface area contributed by atoms with E-state index in [0.717, 1.165) is 16.5 Å². The molecule has 3 N–H and O–H groups in total. The number of fused-ring (bicyclic) bond motifs is 1. The second kappa shape index (κ2) is 8.34. The van der Waals surface area contributed by atoms with Crippen molar-refractivity contribution in [3.63, 3.8) is 0 Å². The normalized spacial score (nSPS) is 11.9. The van der Waals surface area contributed by atoms with Crippen molar-refractivity contribution >= 4 is 38.4 Å². The maximum Gasteiger partial charge on any atom is 0.269 e. The lowest BCUT2D eigenvalue weighted by Gasteiger charge is -2.13. The highest BCUT2D eigenvalue weighted by atomic mass is 35.5. The number of sulfonamides is 1. The fraction of sp³-hybridized carbons (Fsp3) is 0.250. The van der Waals surface area contributed by atoms with Gasteiger partial charge in [0.25, 0.3) is 5.91 Å². The van der Waals surface area contributed by atoms with Crippen LogP contribution in [0.4, 0.5) is 0 Å². The van der Waals surface area contributed by atoms with Crippen molar-refractivity contribution in [2.75, 3.05) is 0 Å². The first kappa shape index (κ1) is 20.4. The average molecular weight is 420 g/mol. The SMILES string of the molecule is CC(C)NS(=O)(=O)Cc1ccccc1CNC(=O)c1[nH]c2ccccc2c1Cl. The van der Waals surface area contributed by atoms with Gasteiger partial charge >= 0.3 is 0 Å². The predicted octanol–water partition coefficient (Wildman–Crippen LogP) is 3.58. The van der Waals surface area contributed by atoms with Gasteiger partial charge in [0, 0.05) is 23.5 Å². The fourth-order valence-electron chi connectivity index (χ4n) is 3.00. The Morgan fingerprint density at radius 1 is 1.07 bits per heavy atom. The summed E-state index contributed by atoms with van der Waals surface area (Å²) in [7, 11) is -3.46. The quantitative estimate of drug-likeness (QED) is 0.546. The molecule has 148 valence electrons. The van der Waals surface area contributed by atoms with Crippen LogP contribution in [0.1, 0.15) is 35.5 Å². The lowest BCUT2D eigenvalue weighted by Crippen LogP contribution is -2.32. The standard InChI is InChI=1S/C20H22ClN3O3S/c1-13(2)24-28(26,27)12-15-8-4-3-7-14(15)11-22-20(25)19-18(21)16-9-5-6-10-17(16)23-19/h3-10,13,23-24H,11-12H2,1-2H3,(H,22,25). The van der Waals surface area contributed by atoms with Crippen LogP contribution in [0, 0.1) is 0 Å². The van der Waals surface area contributed by atoms with Gasteiger partial charge in [-0.25, -0.2) is 13.1 Å². The average Bonchev–Trinajstić information content (AvgIpc) is 2.96. The Hall–Kier alpha value is -2.35. The molecule has 0 aliphatic carbocycles. The number of carbonyl (C=O) groups is 1. The third-order valence-corrected chi connectivity index (χ3v) is 6.10. The molecule has 0 spiro atoms. The van der Waals surface area contributed by atoms with E-state index >= 15 is 0 Å². The zero-order valence-electron chi connectivity index (χ0n) is 15.6. The van der Waals surface area contributed by atoms with Crippen LogP contribution < -0.4 is 10.0 Å². The number of benzene rings is 2. The molecule has 0 saturated carbocycles. The molecule has 3 aromatic rings. The van der Waals surface area contributed by atoms with Crippen LogP contribution in [-0.4, -0.2) is 25.4 Å². The number of halogens is 1. The molecule has 2 aromatic carbocycles. The number of aromatic nitrogens is 1. The lowest BCUT2D eigenvalue weighted by atomic mass is 10.1. The Morgan fingerprint density at radius 3 is 2.39 bits per heavy atom. The molecule has 0 unspecified atom stereocenters. The largest absolute Gasteiger partial charge is 0.349 e. The highest BCUT2D eigenvalue weighted by Gasteiger charge is 2.18. The molecular weight excluding hydrogens is 398 g/mol. The van der Waals surface area contributed by atoms with Crippen LogP contribution >= 0.6 is 11.6 Å². The van der Waals surface area contributed by atoms with E-state index in [2.05, 4.69) is 15.0 Å². The number of nitrogens with one attached hydrogen (secondary N) is 3. The van der Waals surface area contributed by atoms with Crippen molar-refractivity contribution in [1.29, 1.82) is 0 Å². The highest BCUT2D eigenvalue weighted by molar-refractivity contribution is 7.88. The number of hydrogen-bond acceptors (Lipinski definition) is 3. The van der Waals surface area contributed by atoms with E-state index < -0.39 is 10.0 Å². The van der Waals surface area contributed by atoms with Crippen LogP contribution in [0.15, 0.2) is 48.5 Å². The molecule has 0 saturated heterocycles. The van der Waals surface area contributed by atoms with Gasteiger partial charge in [-0.1, -0.05) is 54.1 Å². The molecule has 1 aromatic heterocycles. The van der Waals surface area contributed by atoms with E-state index in [1.165, 1.54) is 0 Å². The van der Waals surface area contributed by atoms with Gasteiger partial charge in [-0.15, -0.1) is 0 Å². The summed E-state index contributed by atoms with van der Waals surface area (Å²) in [6, 6.07) is 14.4. The summed E-state index contributed by atoms with van der Waals surface area (Å²) in [4.78, 5) is 15.6. The van der Waals surface area contributed by atoms with E-state index in [0.29, 0.717) is 10.6 Å². The summed E-state index contributed by atoms with van der Waals surface area (Å²) in [5.41, 5.74) is 2.44. The number of aromatic amines is 1. The van der Waals surface area contributed by atoms with E-state index in [1.54, 1.807) is 32.0 Å². The molecule has 0 radical (unpaired) electrons. The van der Waals surface area contributed by atoms with Crippen molar-refractivity contribution in [1.82, 2.24) is 15.0 Å². The Morgan fingerprint density at radius 2 is 1.71 bits per heavy atom. The van der Waals surface area contributed by atoms with Gasteiger partial charge in [0.05, 0.1) is 10.8 Å². The first-order chi connectivity index (χ1) is 13.3. The van der Waals surface area contributed by atoms with Crippen LogP contribution in [-0.2, 0) is 22.3 Å². The first-order valence-electron chi connectivity index (χ1n) is 8.88. The second-order valence-electron chi connectivity index (χ2n) is 6.84. The minimum atomic E-state index is -3.46. The topological polar surface area (TPSA) is 91.1 Å². The zero-order valence-corrected chi connectivity index (χ0v) is 17.2. The molecule has 1 heterocycles.